The Balaban J connectivity index is 1.72. The zero-order valence-corrected chi connectivity index (χ0v) is 12.5. The summed E-state index contributed by atoms with van der Waals surface area (Å²) in [7, 11) is 0. The van der Waals surface area contributed by atoms with E-state index in [0.717, 1.165) is 11.3 Å². The molecule has 2 heterocycles. The van der Waals surface area contributed by atoms with Crippen LogP contribution in [0.1, 0.15) is 5.56 Å². The Labute approximate surface area is 131 Å². The van der Waals surface area contributed by atoms with Gasteiger partial charge in [-0.2, -0.15) is 0 Å². The first-order valence-electron chi connectivity index (χ1n) is 6.86. The third kappa shape index (κ3) is 2.84. The van der Waals surface area contributed by atoms with E-state index in [9.17, 15) is 4.79 Å². The number of nitrogens with zero attached hydrogens (tertiary/aromatic N) is 3. The fraction of sp³-hybridized carbons (Fsp3) is 0.200. The van der Waals surface area contributed by atoms with Gasteiger partial charge in [0.15, 0.2) is 5.65 Å². The monoisotopic (exact) mass is 318 g/mol. The Morgan fingerprint density at radius 1 is 1.27 bits per heavy atom. The largest absolute Gasteiger partial charge is 0.392 e. The van der Waals surface area contributed by atoms with Gasteiger partial charge in [0.2, 0.25) is 0 Å². The molecule has 6 nitrogen and oxygen atoms in total. The Hall–Kier alpha value is -2.31. The quantitative estimate of drug-likeness (QED) is 0.752. The highest BCUT2D eigenvalue weighted by Gasteiger charge is 2.06. The molecule has 3 aromatic rings. The molecule has 0 fully saturated rings. The summed E-state index contributed by atoms with van der Waals surface area (Å²) in [6.07, 6.45) is 1.69. The van der Waals surface area contributed by atoms with Gasteiger partial charge in [0, 0.05) is 12.7 Å². The minimum Gasteiger partial charge on any atom is -0.392 e. The van der Waals surface area contributed by atoms with Gasteiger partial charge in [0.05, 0.1) is 23.9 Å². The first-order chi connectivity index (χ1) is 10.7. The molecule has 0 saturated heterocycles. The van der Waals surface area contributed by atoms with Crippen molar-refractivity contribution < 1.29 is 5.11 Å². The molecule has 1 aromatic carbocycles. The Morgan fingerprint density at radius 2 is 2.14 bits per heavy atom. The van der Waals surface area contributed by atoms with Crippen molar-refractivity contribution in [1.82, 2.24) is 14.2 Å². The first-order valence-corrected chi connectivity index (χ1v) is 7.24. The Kier molecular flexibility index (Phi) is 4.13. The number of aromatic nitrogens is 3. The van der Waals surface area contributed by atoms with Gasteiger partial charge < -0.3 is 10.4 Å². The van der Waals surface area contributed by atoms with Crippen molar-refractivity contribution >= 4 is 22.9 Å². The third-order valence-corrected chi connectivity index (χ3v) is 3.67. The van der Waals surface area contributed by atoms with Crippen molar-refractivity contribution in [2.45, 2.75) is 13.2 Å². The Bertz CT molecular complexity index is 856. The highest BCUT2D eigenvalue weighted by Crippen LogP contribution is 2.22. The lowest BCUT2D eigenvalue weighted by molar-refractivity contribution is 0.282. The topological polar surface area (TPSA) is 71.6 Å². The molecule has 0 spiro atoms. The van der Waals surface area contributed by atoms with Crippen LogP contribution in [0.3, 0.4) is 0 Å². The molecule has 114 valence electrons. The van der Waals surface area contributed by atoms with Crippen LogP contribution in [0.15, 0.2) is 47.4 Å². The summed E-state index contributed by atoms with van der Waals surface area (Å²) >= 11 is 6.10. The van der Waals surface area contributed by atoms with Crippen molar-refractivity contribution in [3.05, 3.63) is 63.7 Å². The van der Waals surface area contributed by atoms with Crippen LogP contribution in [0.4, 0.5) is 5.69 Å². The lowest BCUT2D eigenvalue weighted by Crippen LogP contribution is -2.24. The summed E-state index contributed by atoms with van der Waals surface area (Å²) in [5.41, 5.74) is 1.95. The molecule has 22 heavy (non-hydrogen) atoms. The zero-order valence-electron chi connectivity index (χ0n) is 11.7. The van der Waals surface area contributed by atoms with Crippen molar-refractivity contribution in [3.8, 4) is 0 Å². The van der Waals surface area contributed by atoms with Gasteiger partial charge in [-0.15, -0.1) is 5.10 Å². The minimum atomic E-state index is -0.174. The summed E-state index contributed by atoms with van der Waals surface area (Å²) < 4.78 is 2.91. The van der Waals surface area contributed by atoms with Gasteiger partial charge in [0.1, 0.15) is 0 Å². The SMILES string of the molecule is O=c1n(CCNc2cc(CO)ccc2Cl)nc2ccccn12. The molecule has 0 aliphatic heterocycles. The molecular weight excluding hydrogens is 304 g/mol. The molecule has 0 amide bonds. The van der Waals surface area contributed by atoms with E-state index in [4.69, 9.17) is 16.7 Å². The van der Waals surface area contributed by atoms with Crippen LogP contribution < -0.4 is 11.0 Å². The second-order valence-electron chi connectivity index (χ2n) is 4.83. The number of fused-ring (bicyclic) bond motifs is 1. The van der Waals surface area contributed by atoms with Crippen LogP contribution in [-0.2, 0) is 13.2 Å². The van der Waals surface area contributed by atoms with Crippen molar-refractivity contribution in [2.75, 3.05) is 11.9 Å². The average Bonchev–Trinajstić information content (AvgIpc) is 2.86. The lowest BCUT2D eigenvalue weighted by atomic mass is 10.2. The van der Waals surface area contributed by atoms with Crippen LogP contribution in [0.25, 0.3) is 5.65 Å². The fourth-order valence-electron chi connectivity index (χ4n) is 2.22. The van der Waals surface area contributed by atoms with Crippen LogP contribution >= 0.6 is 11.6 Å². The second kappa shape index (κ2) is 6.21. The molecule has 3 rings (SSSR count). The van der Waals surface area contributed by atoms with E-state index in [1.165, 1.54) is 9.08 Å². The number of rotatable bonds is 5. The molecule has 0 radical (unpaired) electrons. The zero-order chi connectivity index (χ0) is 15.5. The van der Waals surface area contributed by atoms with Gasteiger partial charge in [-0.1, -0.05) is 23.7 Å². The second-order valence-corrected chi connectivity index (χ2v) is 5.24. The van der Waals surface area contributed by atoms with E-state index in [0.29, 0.717) is 23.8 Å². The molecule has 2 aromatic heterocycles. The van der Waals surface area contributed by atoms with Gasteiger partial charge >= 0.3 is 5.69 Å². The molecule has 2 N–H and O–H groups in total. The van der Waals surface area contributed by atoms with E-state index in [2.05, 4.69) is 10.4 Å². The number of hydrogen-bond donors (Lipinski definition) is 2. The number of pyridine rings is 1. The van der Waals surface area contributed by atoms with E-state index < -0.39 is 0 Å². The minimum absolute atomic E-state index is 0.0439. The molecule has 0 unspecified atom stereocenters. The maximum absolute atomic E-state index is 12.1. The summed E-state index contributed by atoms with van der Waals surface area (Å²) in [5.74, 6) is 0. The molecule has 7 heteroatoms. The van der Waals surface area contributed by atoms with Crippen molar-refractivity contribution in [3.63, 3.8) is 0 Å². The summed E-state index contributed by atoms with van der Waals surface area (Å²) in [5, 5.41) is 17.1. The van der Waals surface area contributed by atoms with Gasteiger partial charge in [-0.25, -0.2) is 9.48 Å². The number of anilines is 1. The van der Waals surface area contributed by atoms with E-state index >= 15 is 0 Å². The smallest absolute Gasteiger partial charge is 0.350 e. The lowest BCUT2D eigenvalue weighted by Gasteiger charge is -2.09. The van der Waals surface area contributed by atoms with Crippen LogP contribution in [0.5, 0.6) is 0 Å². The number of benzene rings is 1. The normalized spacial score (nSPS) is 11.0. The van der Waals surface area contributed by atoms with E-state index in [1.807, 2.05) is 6.07 Å². The number of hydrogen-bond acceptors (Lipinski definition) is 4. The first kappa shape index (κ1) is 14.6. The van der Waals surface area contributed by atoms with Crippen LogP contribution in [0, 0.1) is 0 Å². The van der Waals surface area contributed by atoms with E-state index in [1.54, 1.807) is 36.5 Å². The average molecular weight is 319 g/mol. The van der Waals surface area contributed by atoms with Gasteiger partial charge in [-0.3, -0.25) is 4.40 Å². The molecule has 0 aliphatic carbocycles. The molecule has 0 aliphatic rings. The van der Waals surface area contributed by atoms with Crippen LogP contribution in [0.2, 0.25) is 5.02 Å². The third-order valence-electron chi connectivity index (χ3n) is 3.34. The predicted octanol–water partition coefficient (Wildman–Crippen LogP) is 1.75. The number of halogens is 1. The summed E-state index contributed by atoms with van der Waals surface area (Å²) in [4.78, 5) is 12.1. The molecule has 0 atom stereocenters. The summed E-state index contributed by atoms with van der Waals surface area (Å²) in [6.45, 7) is 0.871. The maximum Gasteiger partial charge on any atom is 0.350 e. The summed E-state index contributed by atoms with van der Waals surface area (Å²) in [6, 6.07) is 10.7. The predicted molar refractivity (Wildman–Crippen MR) is 85.3 cm³/mol. The van der Waals surface area contributed by atoms with Crippen LogP contribution in [-0.4, -0.2) is 25.8 Å². The highest BCUT2D eigenvalue weighted by atomic mass is 35.5. The Morgan fingerprint density at radius 3 is 2.91 bits per heavy atom. The molecule has 0 saturated carbocycles. The molecular formula is C15H15ClN4O2. The van der Waals surface area contributed by atoms with Crippen molar-refractivity contribution in [2.24, 2.45) is 0 Å². The highest BCUT2D eigenvalue weighted by molar-refractivity contribution is 6.33. The van der Waals surface area contributed by atoms with Crippen molar-refractivity contribution in [1.29, 1.82) is 0 Å². The fourth-order valence-corrected chi connectivity index (χ4v) is 2.40. The van der Waals surface area contributed by atoms with Gasteiger partial charge in [0.25, 0.3) is 0 Å². The van der Waals surface area contributed by atoms with Gasteiger partial charge in [-0.05, 0) is 29.8 Å². The standard InChI is InChI=1S/C15H15ClN4O2/c16-12-5-4-11(10-21)9-13(12)17-6-8-20-15(22)19-7-2-1-3-14(19)18-20/h1-5,7,9,17,21H,6,8,10H2. The maximum atomic E-state index is 12.1. The van der Waals surface area contributed by atoms with E-state index in [-0.39, 0.29) is 12.3 Å². The number of aliphatic hydroxyl groups is 1. The number of nitrogens with one attached hydrogen (secondary N) is 1. The molecule has 0 bridgehead atoms. The number of aliphatic hydroxyl groups excluding tert-OH is 1.